The van der Waals surface area contributed by atoms with E-state index in [4.69, 9.17) is 10.8 Å². The van der Waals surface area contributed by atoms with Gasteiger partial charge in [0.15, 0.2) is 5.65 Å². The number of anilines is 1. The van der Waals surface area contributed by atoms with E-state index >= 15 is 0 Å². The monoisotopic (exact) mass is 509 g/mol. The predicted octanol–water partition coefficient (Wildman–Crippen LogP) is 3.97. The standard InChI is InChI=1S/C29H31N7O2/c1-4-24(37)35-11-5-6-23(16-35)36-28-25(27(30)32-17-33-28)26(34-36)21-9-7-20(8-10-21)15-31-29(38)22-13-18(2)12-19(3)14-22/h4,7-10,12-14,17,23H,1,5-6,11,15-16H2,2-3H3,(H,31,38)(H2,30,32,33)/t23-/m1/s1. The molecule has 0 unspecified atom stereocenters. The van der Waals surface area contributed by atoms with Crippen molar-refractivity contribution in [3.63, 3.8) is 0 Å². The first kappa shape index (κ1) is 25.1. The van der Waals surface area contributed by atoms with Crippen molar-refractivity contribution < 1.29 is 9.59 Å². The van der Waals surface area contributed by atoms with Gasteiger partial charge in [-0.3, -0.25) is 9.59 Å². The number of aryl methyl sites for hydroxylation is 2. The van der Waals surface area contributed by atoms with Gasteiger partial charge in [-0.1, -0.05) is 48.0 Å². The van der Waals surface area contributed by atoms with Crippen molar-refractivity contribution in [3.8, 4) is 11.3 Å². The van der Waals surface area contributed by atoms with Gasteiger partial charge >= 0.3 is 0 Å². The maximum atomic E-state index is 12.7. The van der Waals surface area contributed by atoms with E-state index in [0.717, 1.165) is 35.1 Å². The Hall–Kier alpha value is -4.53. The molecular weight excluding hydrogens is 478 g/mol. The largest absolute Gasteiger partial charge is 0.383 e. The topological polar surface area (TPSA) is 119 Å². The van der Waals surface area contributed by atoms with Crippen LogP contribution in [0, 0.1) is 13.8 Å². The molecule has 38 heavy (non-hydrogen) atoms. The van der Waals surface area contributed by atoms with Crippen LogP contribution in [0.1, 0.15) is 45.9 Å². The van der Waals surface area contributed by atoms with Crippen LogP contribution in [0.2, 0.25) is 0 Å². The summed E-state index contributed by atoms with van der Waals surface area (Å²) in [6, 6.07) is 13.6. The first-order valence-electron chi connectivity index (χ1n) is 12.7. The summed E-state index contributed by atoms with van der Waals surface area (Å²) in [6.07, 6.45) is 4.53. The van der Waals surface area contributed by atoms with Gasteiger partial charge in [0.2, 0.25) is 5.91 Å². The number of likely N-dealkylation sites (tertiary alicyclic amines) is 1. The number of amides is 2. The molecule has 1 aliphatic heterocycles. The molecule has 1 atom stereocenters. The van der Waals surface area contributed by atoms with E-state index < -0.39 is 0 Å². The third-order valence-corrected chi connectivity index (χ3v) is 6.91. The summed E-state index contributed by atoms with van der Waals surface area (Å²) < 4.78 is 1.88. The molecule has 0 saturated carbocycles. The zero-order valence-corrected chi connectivity index (χ0v) is 21.6. The summed E-state index contributed by atoms with van der Waals surface area (Å²) in [7, 11) is 0. The minimum atomic E-state index is -0.105. The molecule has 2 amide bonds. The Morgan fingerprint density at radius 2 is 1.87 bits per heavy atom. The number of carbonyl (C=O) groups excluding carboxylic acids is 2. The average molecular weight is 510 g/mol. The number of fused-ring (bicyclic) bond motifs is 1. The van der Waals surface area contributed by atoms with E-state index in [9.17, 15) is 9.59 Å². The Kier molecular flexibility index (Phi) is 6.91. The highest BCUT2D eigenvalue weighted by atomic mass is 16.2. The van der Waals surface area contributed by atoms with Crippen molar-refractivity contribution in [2.45, 2.75) is 39.3 Å². The van der Waals surface area contributed by atoms with E-state index in [2.05, 4.69) is 21.9 Å². The van der Waals surface area contributed by atoms with Crippen molar-refractivity contribution in [3.05, 3.63) is 83.7 Å². The molecule has 0 aliphatic carbocycles. The number of hydrogen-bond acceptors (Lipinski definition) is 6. The highest BCUT2D eigenvalue weighted by Gasteiger charge is 2.28. The Balaban J connectivity index is 1.39. The van der Waals surface area contributed by atoms with Crippen molar-refractivity contribution in [1.29, 1.82) is 0 Å². The molecule has 9 heteroatoms. The SMILES string of the molecule is C=CC(=O)N1CCC[C@@H](n2nc(-c3ccc(CNC(=O)c4cc(C)cc(C)c4)cc3)c3c(N)ncnc32)C1. The Morgan fingerprint density at radius 3 is 2.58 bits per heavy atom. The number of nitrogens with one attached hydrogen (secondary N) is 1. The lowest BCUT2D eigenvalue weighted by atomic mass is 10.1. The summed E-state index contributed by atoms with van der Waals surface area (Å²) in [5.41, 5.74) is 12.2. The van der Waals surface area contributed by atoms with E-state index in [1.807, 2.05) is 61.0 Å². The first-order valence-corrected chi connectivity index (χ1v) is 12.7. The fourth-order valence-corrected chi connectivity index (χ4v) is 5.11. The number of hydrogen-bond donors (Lipinski definition) is 2. The van der Waals surface area contributed by atoms with Gasteiger partial charge in [-0.15, -0.1) is 0 Å². The molecule has 0 bridgehead atoms. The fraction of sp³-hybridized carbons (Fsp3) is 0.276. The second kappa shape index (κ2) is 10.5. The summed E-state index contributed by atoms with van der Waals surface area (Å²) in [5, 5.41) is 8.61. The fourth-order valence-electron chi connectivity index (χ4n) is 5.11. The minimum Gasteiger partial charge on any atom is -0.383 e. The van der Waals surface area contributed by atoms with Gasteiger partial charge < -0.3 is 16.0 Å². The molecule has 5 rings (SSSR count). The van der Waals surface area contributed by atoms with E-state index in [1.165, 1.54) is 12.4 Å². The van der Waals surface area contributed by atoms with Crippen LogP contribution in [0.3, 0.4) is 0 Å². The van der Waals surface area contributed by atoms with E-state index in [-0.39, 0.29) is 17.9 Å². The van der Waals surface area contributed by atoms with Crippen LogP contribution in [-0.2, 0) is 11.3 Å². The second-order valence-corrected chi connectivity index (χ2v) is 9.79. The maximum absolute atomic E-state index is 12.7. The summed E-state index contributed by atoms with van der Waals surface area (Å²) >= 11 is 0. The second-order valence-electron chi connectivity index (χ2n) is 9.79. The molecule has 4 aromatic rings. The van der Waals surface area contributed by atoms with Crippen LogP contribution in [0.5, 0.6) is 0 Å². The maximum Gasteiger partial charge on any atom is 0.251 e. The lowest BCUT2D eigenvalue weighted by Gasteiger charge is -2.32. The Bertz CT molecular complexity index is 1500. The Morgan fingerprint density at radius 1 is 1.13 bits per heavy atom. The molecule has 2 aromatic heterocycles. The van der Waals surface area contributed by atoms with Gasteiger partial charge in [-0.25, -0.2) is 14.6 Å². The minimum absolute atomic E-state index is 0.0297. The van der Waals surface area contributed by atoms with Crippen LogP contribution in [0.15, 0.2) is 61.4 Å². The lowest BCUT2D eigenvalue weighted by molar-refractivity contribution is -0.127. The number of piperidine rings is 1. The van der Waals surface area contributed by atoms with Crippen LogP contribution in [-0.4, -0.2) is 49.6 Å². The van der Waals surface area contributed by atoms with Gasteiger partial charge in [0.25, 0.3) is 5.91 Å². The normalized spacial score (nSPS) is 15.4. The van der Waals surface area contributed by atoms with Crippen molar-refractivity contribution in [2.75, 3.05) is 18.8 Å². The number of nitrogens with zero attached hydrogens (tertiary/aromatic N) is 5. The number of aromatic nitrogens is 4. The number of nitrogen functional groups attached to an aromatic ring is 1. The third-order valence-electron chi connectivity index (χ3n) is 6.91. The number of benzene rings is 2. The van der Waals surface area contributed by atoms with Crippen LogP contribution in [0.4, 0.5) is 5.82 Å². The molecule has 0 radical (unpaired) electrons. The molecule has 3 heterocycles. The van der Waals surface area contributed by atoms with Gasteiger partial charge in [0.05, 0.1) is 11.4 Å². The molecule has 0 spiro atoms. The molecule has 1 saturated heterocycles. The molecule has 1 fully saturated rings. The van der Waals surface area contributed by atoms with Gasteiger partial charge in [0, 0.05) is 30.8 Å². The first-order chi connectivity index (χ1) is 18.3. The average Bonchev–Trinajstić information content (AvgIpc) is 3.32. The van der Waals surface area contributed by atoms with Crippen molar-refractivity contribution >= 4 is 28.7 Å². The van der Waals surface area contributed by atoms with Crippen LogP contribution >= 0.6 is 0 Å². The Labute approximate surface area is 221 Å². The highest BCUT2D eigenvalue weighted by Crippen LogP contribution is 2.33. The van der Waals surface area contributed by atoms with E-state index in [0.29, 0.717) is 47.7 Å². The predicted molar refractivity (Wildman–Crippen MR) is 147 cm³/mol. The molecule has 194 valence electrons. The van der Waals surface area contributed by atoms with Crippen molar-refractivity contribution in [2.24, 2.45) is 0 Å². The summed E-state index contributed by atoms with van der Waals surface area (Å²) in [4.78, 5) is 35.4. The van der Waals surface area contributed by atoms with Crippen LogP contribution in [0.25, 0.3) is 22.3 Å². The van der Waals surface area contributed by atoms with Gasteiger partial charge in [-0.2, -0.15) is 5.10 Å². The molecule has 3 N–H and O–H groups in total. The van der Waals surface area contributed by atoms with E-state index in [1.54, 1.807) is 4.90 Å². The third kappa shape index (κ3) is 5.00. The van der Waals surface area contributed by atoms with Crippen LogP contribution < -0.4 is 11.1 Å². The molecule has 9 nitrogen and oxygen atoms in total. The summed E-state index contributed by atoms with van der Waals surface area (Å²) in [5.74, 6) is 0.170. The number of nitrogens with two attached hydrogens (primary N) is 1. The highest BCUT2D eigenvalue weighted by molar-refractivity contribution is 5.98. The zero-order chi connectivity index (χ0) is 26.8. The number of rotatable bonds is 6. The smallest absolute Gasteiger partial charge is 0.251 e. The summed E-state index contributed by atoms with van der Waals surface area (Å²) in [6.45, 7) is 9.22. The molecule has 2 aromatic carbocycles. The van der Waals surface area contributed by atoms with Crippen molar-refractivity contribution in [1.82, 2.24) is 30.0 Å². The molecular formula is C29H31N7O2. The lowest BCUT2D eigenvalue weighted by Crippen LogP contribution is -2.40. The quantitative estimate of drug-likeness (QED) is 0.380. The number of carbonyl (C=O) groups is 2. The van der Waals surface area contributed by atoms with Gasteiger partial charge in [-0.05, 0) is 50.5 Å². The zero-order valence-electron chi connectivity index (χ0n) is 21.6. The molecule has 1 aliphatic rings. The van der Waals surface area contributed by atoms with Gasteiger partial charge in [0.1, 0.15) is 17.8 Å².